The third kappa shape index (κ3) is 5.57. The van der Waals surface area contributed by atoms with E-state index in [0.717, 1.165) is 24.2 Å². The second kappa shape index (κ2) is 11.1. The fourth-order valence-corrected chi connectivity index (χ4v) is 5.03. The lowest BCUT2D eigenvalue weighted by molar-refractivity contribution is 1.18. The van der Waals surface area contributed by atoms with Gasteiger partial charge in [0.1, 0.15) is 0 Å². The molecule has 1 nitrogen and oxygen atoms in total. The Morgan fingerprint density at radius 1 is 0.622 bits per heavy atom. The van der Waals surface area contributed by atoms with Crippen LogP contribution in [0.15, 0.2) is 122 Å². The minimum absolute atomic E-state index is 0.848. The Morgan fingerprint density at radius 3 is 1.92 bits per heavy atom. The Bertz CT molecular complexity index is 1500. The Labute approximate surface area is 221 Å². The molecule has 1 heteroatoms. The van der Waals surface area contributed by atoms with Crippen LogP contribution in [0.5, 0.6) is 0 Å². The molecule has 5 aromatic carbocycles. The monoisotopic (exact) mass is 479 g/mol. The lowest BCUT2D eigenvalue weighted by atomic mass is 9.91. The lowest BCUT2D eigenvalue weighted by Crippen LogP contribution is -2.02. The summed E-state index contributed by atoms with van der Waals surface area (Å²) in [6.07, 6.45) is 2.89. The Hall–Kier alpha value is -4.36. The van der Waals surface area contributed by atoms with Crippen LogP contribution < -0.4 is 5.32 Å². The molecular formula is C36H33N. The van der Waals surface area contributed by atoms with Crippen LogP contribution in [0.3, 0.4) is 0 Å². The van der Waals surface area contributed by atoms with E-state index in [1.54, 1.807) is 0 Å². The van der Waals surface area contributed by atoms with Gasteiger partial charge >= 0.3 is 0 Å². The molecule has 5 rings (SSSR count). The molecule has 182 valence electrons. The smallest absolute Gasteiger partial charge is 0.0493 e. The molecule has 0 fully saturated rings. The van der Waals surface area contributed by atoms with Gasteiger partial charge in [0.2, 0.25) is 0 Å². The van der Waals surface area contributed by atoms with Gasteiger partial charge in [-0.25, -0.2) is 0 Å². The van der Waals surface area contributed by atoms with E-state index in [1.807, 2.05) is 6.08 Å². The second-order valence-corrected chi connectivity index (χ2v) is 9.54. The van der Waals surface area contributed by atoms with E-state index in [9.17, 15) is 0 Å². The van der Waals surface area contributed by atoms with Crippen LogP contribution in [-0.2, 0) is 6.42 Å². The van der Waals surface area contributed by atoms with Gasteiger partial charge in [0.15, 0.2) is 0 Å². The number of nitrogens with one attached hydrogen (secondary N) is 1. The Kier molecular flexibility index (Phi) is 7.33. The highest BCUT2D eigenvalue weighted by Gasteiger charge is 2.13. The van der Waals surface area contributed by atoms with E-state index in [-0.39, 0.29) is 0 Å². The molecule has 0 aliphatic heterocycles. The summed E-state index contributed by atoms with van der Waals surface area (Å²) >= 11 is 0. The van der Waals surface area contributed by atoms with Crippen LogP contribution in [0.4, 0.5) is 5.69 Å². The number of hydrogen-bond acceptors (Lipinski definition) is 1. The predicted molar refractivity (Wildman–Crippen MR) is 161 cm³/mol. The minimum atomic E-state index is 0.848. The van der Waals surface area contributed by atoms with Crippen LogP contribution in [0, 0.1) is 6.92 Å². The maximum atomic E-state index is 4.15. The number of hydrogen-bond donors (Lipinski definition) is 1. The van der Waals surface area contributed by atoms with Gasteiger partial charge in [-0.2, -0.15) is 0 Å². The molecule has 5 aromatic rings. The summed E-state index contributed by atoms with van der Waals surface area (Å²) in [6.45, 7) is 9.32. The lowest BCUT2D eigenvalue weighted by Gasteiger charge is -2.18. The van der Waals surface area contributed by atoms with Crippen molar-refractivity contribution in [2.24, 2.45) is 0 Å². The van der Waals surface area contributed by atoms with E-state index < -0.39 is 0 Å². The first-order valence-corrected chi connectivity index (χ1v) is 13.0. The number of rotatable bonds is 8. The van der Waals surface area contributed by atoms with Gasteiger partial charge in [-0.3, -0.25) is 0 Å². The molecule has 0 saturated heterocycles. The third-order valence-corrected chi connectivity index (χ3v) is 6.77. The Morgan fingerprint density at radius 2 is 1.24 bits per heavy atom. The average Bonchev–Trinajstić information content (AvgIpc) is 2.94. The molecule has 0 unspecified atom stereocenters. The molecule has 37 heavy (non-hydrogen) atoms. The van der Waals surface area contributed by atoms with Gasteiger partial charge < -0.3 is 5.32 Å². The van der Waals surface area contributed by atoms with Crippen LogP contribution in [0.25, 0.3) is 39.5 Å². The van der Waals surface area contributed by atoms with Crippen molar-refractivity contribution in [2.45, 2.75) is 20.3 Å². The molecule has 0 aliphatic rings. The van der Waals surface area contributed by atoms with Crippen LogP contribution in [-0.4, -0.2) is 6.54 Å². The van der Waals surface area contributed by atoms with Gasteiger partial charge in [0.25, 0.3) is 0 Å². The minimum Gasteiger partial charge on any atom is -0.384 e. The van der Waals surface area contributed by atoms with Gasteiger partial charge in [-0.15, -0.1) is 0 Å². The van der Waals surface area contributed by atoms with Gasteiger partial charge in [0, 0.05) is 17.8 Å². The first kappa shape index (κ1) is 24.3. The van der Waals surface area contributed by atoms with Crippen LogP contribution >= 0.6 is 0 Å². The van der Waals surface area contributed by atoms with Crippen molar-refractivity contribution in [3.63, 3.8) is 0 Å². The third-order valence-electron chi connectivity index (χ3n) is 6.77. The normalized spacial score (nSPS) is 10.8. The molecule has 0 aromatic heterocycles. The van der Waals surface area contributed by atoms with Crippen molar-refractivity contribution >= 4 is 11.8 Å². The van der Waals surface area contributed by atoms with Crippen molar-refractivity contribution in [2.75, 3.05) is 11.9 Å². The zero-order chi connectivity index (χ0) is 25.6. The zero-order valence-corrected chi connectivity index (χ0v) is 21.7. The summed E-state index contributed by atoms with van der Waals surface area (Å²) in [6, 6.07) is 41.6. The predicted octanol–water partition coefficient (Wildman–Crippen LogP) is 9.66. The molecule has 1 N–H and O–H groups in total. The van der Waals surface area contributed by atoms with E-state index in [0.29, 0.717) is 0 Å². The molecule has 0 spiro atoms. The van der Waals surface area contributed by atoms with E-state index in [2.05, 4.69) is 141 Å². The van der Waals surface area contributed by atoms with Crippen molar-refractivity contribution < 1.29 is 0 Å². The summed E-state index contributed by atoms with van der Waals surface area (Å²) in [7, 11) is 0. The fraction of sp³-hybridized carbons (Fsp3) is 0.111. The summed E-state index contributed by atoms with van der Waals surface area (Å²) in [5, 5.41) is 3.60. The second-order valence-electron chi connectivity index (χ2n) is 9.54. The fourth-order valence-electron chi connectivity index (χ4n) is 5.03. The van der Waals surface area contributed by atoms with Crippen LogP contribution in [0.2, 0.25) is 0 Å². The maximum Gasteiger partial charge on any atom is 0.0493 e. The molecule has 0 atom stereocenters. The quantitative estimate of drug-likeness (QED) is 0.233. The number of anilines is 1. The molecular weight excluding hydrogens is 446 g/mol. The van der Waals surface area contributed by atoms with Gasteiger partial charge in [-0.1, -0.05) is 121 Å². The largest absolute Gasteiger partial charge is 0.384 e. The highest BCUT2D eigenvalue weighted by Crippen LogP contribution is 2.38. The summed E-state index contributed by atoms with van der Waals surface area (Å²) in [5.74, 6) is 0. The van der Waals surface area contributed by atoms with Gasteiger partial charge in [-0.05, 0) is 76.9 Å². The number of aryl methyl sites for hydroxylation is 1. The summed E-state index contributed by atoms with van der Waals surface area (Å²) in [5.41, 5.74) is 13.4. The molecule has 0 bridgehead atoms. The number of benzene rings is 5. The summed E-state index contributed by atoms with van der Waals surface area (Å²) < 4.78 is 0. The van der Waals surface area contributed by atoms with Crippen molar-refractivity contribution in [1.82, 2.24) is 0 Å². The van der Waals surface area contributed by atoms with Crippen molar-refractivity contribution in [3.8, 4) is 33.4 Å². The maximum absolute atomic E-state index is 4.15. The molecule has 0 saturated carbocycles. The zero-order valence-electron chi connectivity index (χ0n) is 21.7. The van der Waals surface area contributed by atoms with E-state index in [4.69, 9.17) is 0 Å². The molecule has 0 aliphatic carbocycles. The summed E-state index contributed by atoms with van der Waals surface area (Å²) in [4.78, 5) is 0. The van der Waals surface area contributed by atoms with Crippen molar-refractivity contribution in [1.29, 1.82) is 0 Å². The highest BCUT2D eigenvalue weighted by molar-refractivity contribution is 5.90. The van der Waals surface area contributed by atoms with E-state index >= 15 is 0 Å². The SMILES string of the molecule is C=Cc1cc(-c2cc(C)cc(Cc3ccccc3)c2)cc(-c2ccc(-c3ccccc3)cc2)c1NCC. The standard InChI is InChI=1S/C36H33N/c1-4-29-24-34(33-21-26(3)20-28(23-33)22-27-12-8-6-9-13-27)25-35(36(29)37-5-2)32-18-16-31(17-19-32)30-14-10-7-11-15-30/h4,6-21,23-25,37H,1,5,22H2,2-3H3. The first-order valence-electron chi connectivity index (χ1n) is 13.0. The molecule has 0 amide bonds. The average molecular weight is 480 g/mol. The molecule has 0 heterocycles. The topological polar surface area (TPSA) is 12.0 Å². The Balaban J connectivity index is 1.59. The van der Waals surface area contributed by atoms with Crippen molar-refractivity contribution in [3.05, 3.63) is 144 Å². The van der Waals surface area contributed by atoms with Gasteiger partial charge in [0.05, 0.1) is 0 Å². The van der Waals surface area contributed by atoms with Crippen LogP contribution in [0.1, 0.15) is 29.2 Å². The highest BCUT2D eigenvalue weighted by atomic mass is 14.9. The first-order chi connectivity index (χ1) is 18.1. The molecule has 0 radical (unpaired) electrons. The van der Waals surface area contributed by atoms with E-state index in [1.165, 1.54) is 50.1 Å².